The van der Waals surface area contributed by atoms with Crippen molar-refractivity contribution in [2.24, 2.45) is 5.41 Å². The van der Waals surface area contributed by atoms with E-state index < -0.39 is 0 Å². The fraction of sp³-hybridized carbons (Fsp3) is 0.647. The predicted molar refractivity (Wildman–Crippen MR) is 83.8 cm³/mol. The van der Waals surface area contributed by atoms with Crippen LogP contribution in [0.4, 0.5) is 0 Å². The van der Waals surface area contributed by atoms with Crippen molar-refractivity contribution in [1.82, 2.24) is 5.32 Å². The van der Waals surface area contributed by atoms with Gasteiger partial charge in [0.2, 0.25) is 0 Å². The molecule has 0 aromatic heterocycles. The van der Waals surface area contributed by atoms with E-state index in [0.717, 1.165) is 11.3 Å². The third-order valence-corrected chi connectivity index (χ3v) is 6.01. The number of benzene rings is 1. The second-order valence-corrected chi connectivity index (χ2v) is 8.24. The summed E-state index contributed by atoms with van der Waals surface area (Å²) in [6, 6.07) is 9.63. The molecule has 104 valence electrons. The van der Waals surface area contributed by atoms with Crippen molar-refractivity contribution < 1.29 is 0 Å². The van der Waals surface area contributed by atoms with E-state index in [4.69, 9.17) is 0 Å². The summed E-state index contributed by atoms with van der Waals surface area (Å²) in [5, 5.41) is 4.56. The molecule has 0 spiro atoms. The number of hydrogen-bond acceptors (Lipinski definition) is 2. The quantitative estimate of drug-likeness (QED) is 0.884. The van der Waals surface area contributed by atoms with Gasteiger partial charge in [0.05, 0.1) is 0 Å². The van der Waals surface area contributed by atoms with E-state index in [1.165, 1.54) is 43.5 Å². The lowest BCUT2D eigenvalue weighted by Gasteiger charge is -2.35. The van der Waals surface area contributed by atoms with Crippen LogP contribution < -0.4 is 5.32 Å². The van der Waals surface area contributed by atoms with Gasteiger partial charge in [0.15, 0.2) is 0 Å². The molecule has 3 rings (SSSR count). The molecule has 19 heavy (non-hydrogen) atoms. The first-order valence-electron chi connectivity index (χ1n) is 7.60. The second kappa shape index (κ2) is 5.49. The van der Waals surface area contributed by atoms with Crippen LogP contribution in [0.2, 0.25) is 0 Å². The van der Waals surface area contributed by atoms with Crippen LogP contribution in [0.5, 0.6) is 0 Å². The molecule has 1 saturated carbocycles. The minimum atomic E-state index is 0.580. The van der Waals surface area contributed by atoms with Crippen LogP contribution in [0.25, 0.3) is 0 Å². The zero-order chi connectivity index (χ0) is 13.3. The smallest absolute Gasteiger partial charge is 0.0260 e. The maximum Gasteiger partial charge on any atom is 0.0260 e. The summed E-state index contributed by atoms with van der Waals surface area (Å²) in [5.41, 5.74) is 2.13. The Balaban J connectivity index is 1.45. The fourth-order valence-electron chi connectivity index (χ4n) is 3.27. The Morgan fingerprint density at radius 1 is 1.21 bits per heavy atom. The summed E-state index contributed by atoms with van der Waals surface area (Å²) in [6.07, 6.45) is 6.71. The molecule has 1 aromatic carbocycles. The van der Waals surface area contributed by atoms with Crippen LogP contribution in [0.15, 0.2) is 29.2 Å². The third kappa shape index (κ3) is 3.35. The number of hydrogen-bond donors (Lipinski definition) is 1. The van der Waals surface area contributed by atoms with Crippen LogP contribution in [-0.4, -0.2) is 17.8 Å². The average molecular weight is 275 g/mol. The van der Waals surface area contributed by atoms with Gasteiger partial charge in [-0.05, 0) is 49.1 Å². The minimum Gasteiger partial charge on any atom is -0.313 e. The molecule has 1 N–H and O–H groups in total. The maximum atomic E-state index is 3.82. The molecule has 1 nitrogen and oxygen atoms in total. The lowest BCUT2D eigenvalue weighted by molar-refractivity contribution is 0.207. The normalized spacial score (nSPS) is 26.3. The molecule has 0 saturated heterocycles. The summed E-state index contributed by atoms with van der Waals surface area (Å²) >= 11 is 2.06. The lowest BCUT2D eigenvalue weighted by atomic mass is 9.75. The molecule has 0 radical (unpaired) electrons. The first-order valence-corrected chi connectivity index (χ1v) is 8.48. The first kappa shape index (κ1) is 13.5. The van der Waals surface area contributed by atoms with Gasteiger partial charge in [-0.2, -0.15) is 0 Å². The van der Waals surface area contributed by atoms with E-state index in [-0.39, 0.29) is 0 Å². The molecule has 1 unspecified atom stereocenters. The van der Waals surface area contributed by atoms with Gasteiger partial charge in [-0.3, -0.25) is 0 Å². The van der Waals surface area contributed by atoms with E-state index in [1.807, 2.05) is 0 Å². The highest BCUT2D eigenvalue weighted by Gasteiger charge is 2.28. The summed E-state index contributed by atoms with van der Waals surface area (Å²) in [5.74, 6) is 0. The average Bonchev–Trinajstić information content (AvgIpc) is 2.80. The van der Waals surface area contributed by atoms with Crippen molar-refractivity contribution in [3.05, 3.63) is 29.8 Å². The Hall–Kier alpha value is -0.470. The highest BCUT2D eigenvalue weighted by Crippen LogP contribution is 2.37. The van der Waals surface area contributed by atoms with E-state index in [2.05, 4.69) is 55.2 Å². The van der Waals surface area contributed by atoms with E-state index >= 15 is 0 Å². The van der Waals surface area contributed by atoms with Gasteiger partial charge in [0.25, 0.3) is 0 Å². The summed E-state index contributed by atoms with van der Waals surface area (Å²) < 4.78 is 0. The monoisotopic (exact) mass is 275 g/mol. The first-order chi connectivity index (χ1) is 9.12. The Bertz CT molecular complexity index is 406. The fourth-order valence-corrected chi connectivity index (χ4v) is 4.53. The third-order valence-electron chi connectivity index (χ3n) is 4.69. The summed E-state index contributed by atoms with van der Waals surface area (Å²) in [4.78, 5) is 1.50. The zero-order valence-electron chi connectivity index (χ0n) is 12.1. The van der Waals surface area contributed by atoms with Crippen molar-refractivity contribution in [2.45, 2.75) is 62.1 Å². The largest absolute Gasteiger partial charge is 0.313 e. The molecule has 0 bridgehead atoms. The molecular formula is C17H25NS. The van der Waals surface area contributed by atoms with Crippen LogP contribution in [-0.2, 0) is 6.42 Å². The van der Waals surface area contributed by atoms with Crippen LogP contribution in [0, 0.1) is 5.41 Å². The second-order valence-electron chi connectivity index (χ2n) is 6.90. The lowest BCUT2D eigenvalue weighted by Crippen LogP contribution is -2.38. The summed E-state index contributed by atoms with van der Waals surface area (Å²) in [7, 11) is 0. The Morgan fingerprint density at radius 3 is 2.68 bits per heavy atom. The van der Waals surface area contributed by atoms with E-state index in [0.29, 0.717) is 5.41 Å². The topological polar surface area (TPSA) is 12.0 Å². The van der Waals surface area contributed by atoms with Crippen LogP contribution >= 0.6 is 11.8 Å². The molecule has 1 aliphatic heterocycles. The highest BCUT2D eigenvalue weighted by atomic mass is 32.2. The van der Waals surface area contributed by atoms with Gasteiger partial charge in [0, 0.05) is 22.7 Å². The Labute approximate surface area is 121 Å². The molecule has 1 heterocycles. The molecule has 0 amide bonds. The van der Waals surface area contributed by atoms with Crippen molar-refractivity contribution >= 4 is 11.8 Å². The number of rotatable bonds is 3. The van der Waals surface area contributed by atoms with Crippen molar-refractivity contribution in [3.8, 4) is 0 Å². The van der Waals surface area contributed by atoms with Gasteiger partial charge in [0.1, 0.15) is 0 Å². The highest BCUT2D eigenvalue weighted by molar-refractivity contribution is 8.00. The van der Waals surface area contributed by atoms with E-state index in [9.17, 15) is 0 Å². The number of nitrogens with one attached hydrogen (secondary N) is 1. The number of fused-ring (bicyclic) bond motifs is 1. The van der Waals surface area contributed by atoms with Crippen LogP contribution in [0.3, 0.4) is 0 Å². The summed E-state index contributed by atoms with van der Waals surface area (Å²) in [6.45, 7) is 5.99. The Kier molecular flexibility index (Phi) is 3.91. The van der Waals surface area contributed by atoms with Gasteiger partial charge in [-0.25, -0.2) is 0 Å². The molecule has 1 fully saturated rings. The molecule has 1 atom stereocenters. The predicted octanol–water partition coefficient (Wildman–Crippen LogP) is 4.26. The van der Waals surface area contributed by atoms with Gasteiger partial charge >= 0.3 is 0 Å². The molecular weight excluding hydrogens is 250 g/mol. The Morgan fingerprint density at radius 2 is 1.95 bits per heavy atom. The number of thioether (sulfide) groups is 1. The van der Waals surface area contributed by atoms with Gasteiger partial charge in [-0.1, -0.05) is 32.0 Å². The maximum absolute atomic E-state index is 3.82. The molecule has 2 aliphatic rings. The van der Waals surface area contributed by atoms with Crippen molar-refractivity contribution in [3.63, 3.8) is 0 Å². The standard InChI is InChI=1S/C17H25NS/c1-17(2)9-7-14(8-10-17)18-12-15-11-13-5-3-4-6-16(13)19-15/h3-6,14-15,18H,7-12H2,1-2H3. The van der Waals surface area contributed by atoms with Crippen molar-refractivity contribution in [1.29, 1.82) is 0 Å². The van der Waals surface area contributed by atoms with Gasteiger partial charge < -0.3 is 5.32 Å². The minimum absolute atomic E-state index is 0.580. The van der Waals surface area contributed by atoms with E-state index in [1.54, 1.807) is 5.56 Å². The zero-order valence-corrected chi connectivity index (χ0v) is 12.9. The van der Waals surface area contributed by atoms with Gasteiger partial charge in [-0.15, -0.1) is 11.8 Å². The van der Waals surface area contributed by atoms with Crippen LogP contribution in [0.1, 0.15) is 45.1 Å². The molecule has 1 aliphatic carbocycles. The molecule has 1 aromatic rings. The van der Waals surface area contributed by atoms with Crippen molar-refractivity contribution in [2.75, 3.05) is 6.54 Å². The molecule has 2 heteroatoms. The SMILES string of the molecule is CC1(C)CCC(NCC2Cc3ccccc3S2)CC1.